The van der Waals surface area contributed by atoms with Crippen LogP contribution in [0.2, 0.25) is 0 Å². The van der Waals surface area contributed by atoms with Crippen LogP contribution in [0, 0.1) is 0 Å². The molecule has 112 valence electrons. The standard InChI is InChI=1S/C15H19N3O2S/c1-2-17-15(14(19)20)6-5-11(10-15)18-8-7-16-13(18)12-4-3-9-21-12/h3-4,7-9,11,17H,2,5-6,10H2,1H3,(H,19,20). The minimum atomic E-state index is -0.795. The Bertz CT molecular complexity index is 623. The van der Waals surface area contributed by atoms with Crippen molar-refractivity contribution in [1.82, 2.24) is 14.9 Å². The van der Waals surface area contributed by atoms with E-state index in [1.807, 2.05) is 30.6 Å². The Kier molecular flexibility index (Phi) is 3.82. The second-order valence-corrected chi connectivity index (χ2v) is 6.40. The van der Waals surface area contributed by atoms with E-state index in [4.69, 9.17) is 0 Å². The van der Waals surface area contributed by atoms with Gasteiger partial charge in [0.1, 0.15) is 11.4 Å². The predicted molar refractivity (Wildman–Crippen MR) is 82.5 cm³/mol. The lowest BCUT2D eigenvalue weighted by Crippen LogP contribution is -2.50. The molecule has 1 saturated carbocycles. The SMILES string of the molecule is CCNC1(C(=O)O)CCC(n2ccnc2-c2cccs2)C1. The van der Waals surface area contributed by atoms with Crippen LogP contribution in [0.4, 0.5) is 0 Å². The number of carboxylic acids is 1. The van der Waals surface area contributed by atoms with Gasteiger partial charge in [-0.25, -0.2) is 4.98 Å². The summed E-state index contributed by atoms with van der Waals surface area (Å²) in [5.74, 6) is 0.192. The third kappa shape index (κ3) is 2.49. The van der Waals surface area contributed by atoms with Gasteiger partial charge in [-0.1, -0.05) is 13.0 Å². The van der Waals surface area contributed by atoms with E-state index in [2.05, 4.69) is 14.9 Å². The molecule has 1 aliphatic carbocycles. The highest BCUT2D eigenvalue weighted by atomic mass is 32.1. The maximum Gasteiger partial charge on any atom is 0.323 e. The molecule has 2 unspecified atom stereocenters. The number of aliphatic carboxylic acids is 1. The van der Waals surface area contributed by atoms with Gasteiger partial charge in [0.15, 0.2) is 0 Å². The van der Waals surface area contributed by atoms with Crippen molar-refractivity contribution in [2.24, 2.45) is 0 Å². The second kappa shape index (κ2) is 5.61. The van der Waals surface area contributed by atoms with Gasteiger partial charge in [-0.2, -0.15) is 0 Å². The van der Waals surface area contributed by atoms with Crippen LogP contribution >= 0.6 is 11.3 Å². The minimum absolute atomic E-state index is 0.180. The first-order chi connectivity index (χ1) is 10.2. The molecule has 5 nitrogen and oxygen atoms in total. The van der Waals surface area contributed by atoms with Crippen molar-refractivity contribution in [1.29, 1.82) is 0 Å². The average Bonchev–Trinajstić information content (AvgIpc) is 3.19. The number of thiophene rings is 1. The molecular weight excluding hydrogens is 286 g/mol. The van der Waals surface area contributed by atoms with E-state index in [1.54, 1.807) is 17.5 Å². The van der Waals surface area contributed by atoms with Crippen LogP contribution in [0.15, 0.2) is 29.9 Å². The number of hydrogen-bond donors (Lipinski definition) is 2. The van der Waals surface area contributed by atoms with Crippen LogP contribution in [-0.2, 0) is 4.79 Å². The lowest BCUT2D eigenvalue weighted by molar-refractivity contribution is -0.144. The van der Waals surface area contributed by atoms with Gasteiger partial charge in [0, 0.05) is 18.4 Å². The Hall–Kier alpha value is -1.66. The van der Waals surface area contributed by atoms with Crippen molar-refractivity contribution < 1.29 is 9.90 Å². The lowest BCUT2D eigenvalue weighted by atomic mass is 9.97. The highest BCUT2D eigenvalue weighted by Crippen LogP contribution is 2.40. The zero-order valence-corrected chi connectivity index (χ0v) is 12.8. The summed E-state index contributed by atoms with van der Waals surface area (Å²) in [6, 6.07) is 4.24. The smallest absolute Gasteiger partial charge is 0.323 e. The van der Waals surface area contributed by atoms with Crippen molar-refractivity contribution in [3.05, 3.63) is 29.9 Å². The van der Waals surface area contributed by atoms with Gasteiger partial charge >= 0.3 is 5.97 Å². The quantitative estimate of drug-likeness (QED) is 0.891. The zero-order chi connectivity index (χ0) is 14.9. The van der Waals surface area contributed by atoms with E-state index in [9.17, 15) is 9.90 Å². The van der Waals surface area contributed by atoms with Gasteiger partial charge in [-0.05, 0) is 37.3 Å². The number of imidazole rings is 1. The van der Waals surface area contributed by atoms with Crippen molar-refractivity contribution >= 4 is 17.3 Å². The molecule has 2 heterocycles. The molecule has 1 aliphatic rings. The number of nitrogens with zero attached hydrogens (tertiary/aromatic N) is 2. The van der Waals surface area contributed by atoms with E-state index >= 15 is 0 Å². The summed E-state index contributed by atoms with van der Waals surface area (Å²) in [6.07, 6.45) is 5.87. The van der Waals surface area contributed by atoms with E-state index in [0.29, 0.717) is 19.4 Å². The number of aromatic nitrogens is 2. The number of rotatable bonds is 5. The molecule has 0 radical (unpaired) electrons. The third-order valence-electron chi connectivity index (χ3n) is 4.22. The van der Waals surface area contributed by atoms with Crippen LogP contribution in [-0.4, -0.2) is 32.7 Å². The number of likely N-dealkylation sites (N-methyl/N-ethyl adjacent to an activating group) is 1. The Morgan fingerprint density at radius 1 is 1.67 bits per heavy atom. The minimum Gasteiger partial charge on any atom is -0.480 e. The topological polar surface area (TPSA) is 67.2 Å². The second-order valence-electron chi connectivity index (χ2n) is 5.45. The molecule has 0 aliphatic heterocycles. The van der Waals surface area contributed by atoms with Gasteiger partial charge in [0.05, 0.1) is 4.88 Å². The average molecular weight is 305 g/mol. The Balaban J connectivity index is 1.87. The highest BCUT2D eigenvalue weighted by molar-refractivity contribution is 7.13. The molecule has 0 bridgehead atoms. The monoisotopic (exact) mass is 305 g/mol. The van der Waals surface area contributed by atoms with Gasteiger partial charge < -0.3 is 15.0 Å². The molecule has 0 amide bonds. The van der Waals surface area contributed by atoms with E-state index in [-0.39, 0.29) is 6.04 Å². The zero-order valence-electron chi connectivity index (χ0n) is 12.0. The first-order valence-corrected chi connectivity index (χ1v) is 8.09. The van der Waals surface area contributed by atoms with Crippen LogP contribution in [0.5, 0.6) is 0 Å². The molecule has 2 aromatic rings. The van der Waals surface area contributed by atoms with Crippen LogP contribution in [0.25, 0.3) is 10.7 Å². The molecule has 6 heteroatoms. The molecular formula is C15H19N3O2S. The summed E-state index contributed by atoms with van der Waals surface area (Å²) in [6.45, 7) is 2.62. The molecule has 2 N–H and O–H groups in total. The molecule has 0 aromatic carbocycles. The summed E-state index contributed by atoms with van der Waals surface area (Å²) in [7, 11) is 0. The first kappa shape index (κ1) is 14.3. The fourth-order valence-corrected chi connectivity index (χ4v) is 3.95. The first-order valence-electron chi connectivity index (χ1n) is 7.21. The molecule has 2 aromatic heterocycles. The fraction of sp³-hybridized carbons (Fsp3) is 0.467. The molecule has 0 saturated heterocycles. The van der Waals surface area contributed by atoms with Gasteiger partial charge in [0.25, 0.3) is 0 Å². The Labute approximate surface area is 127 Å². The van der Waals surface area contributed by atoms with Gasteiger partial charge in [0.2, 0.25) is 0 Å². The maximum atomic E-state index is 11.7. The van der Waals surface area contributed by atoms with Crippen LogP contribution < -0.4 is 5.32 Å². The molecule has 3 rings (SSSR count). The van der Waals surface area contributed by atoms with Crippen molar-refractivity contribution in [3.63, 3.8) is 0 Å². The van der Waals surface area contributed by atoms with Gasteiger partial charge in [-0.3, -0.25) is 4.79 Å². The van der Waals surface area contributed by atoms with E-state index < -0.39 is 11.5 Å². The third-order valence-corrected chi connectivity index (χ3v) is 5.08. The Morgan fingerprint density at radius 3 is 3.19 bits per heavy atom. The molecule has 0 spiro atoms. The molecule has 2 atom stereocenters. The number of carbonyl (C=O) groups is 1. The van der Waals surface area contributed by atoms with E-state index in [0.717, 1.165) is 17.1 Å². The largest absolute Gasteiger partial charge is 0.480 e. The summed E-state index contributed by atoms with van der Waals surface area (Å²) >= 11 is 1.65. The Morgan fingerprint density at radius 2 is 2.52 bits per heavy atom. The summed E-state index contributed by atoms with van der Waals surface area (Å²) < 4.78 is 2.13. The van der Waals surface area contributed by atoms with Crippen LogP contribution in [0.3, 0.4) is 0 Å². The summed E-state index contributed by atoms with van der Waals surface area (Å²) in [4.78, 5) is 17.2. The summed E-state index contributed by atoms with van der Waals surface area (Å²) in [5.41, 5.74) is -0.795. The highest BCUT2D eigenvalue weighted by Gasteiger charge is 2.45. The number of carboxylic acid groups (broad SMARTS) is 1. The van der Waals surface area contributed by atoms with Crippen LogP contribution in [0.1, 0.15) is 32.2 Å². The summed E-state index contributed by atoms with van der Waals surface area (Å²) in [5, 5.41) is 14.8. The number of nitrogens with one attached hydrogen (secondary N) is 1. The molecule has 21 heavy (non-hydrogen) atoms. The normalized spacial score (nSPS) is 25.3. The van der Waals surface area contributed by atoms with Gasteiger partial charge in [-0.15, -0.1) is 11.3 Å². The predicted octanol–water partition coefficient (Wildman–Crippen LogP) is 2.77. The lowest BCUT2D eigenvalue weighted by Gasteiger charge is -2.25. The van der Waals surface area contributed by atoms with Crippen molar-refractivity contribution in [2.75, 3.05) is 6.54 Å². The van der Waals surface area contributed by atoms with Crippen molar-refractivity contribution in [3.8, 4) is 10.7 Å². The maximum absolute atomic E-state index is 11.7. The van der Waals surface area contributed by atoms with E-state index in [1.165, 1.54) is 0 Å². The molecule has 1 fully saturated rings. The fourth-order valence-electron chi connectivity index (χ4n) is 3.23. The number of hydrogen-bond acceptors (Lipinski definition) is 4. The van der Waals surface area contributed by atoms with Crippen molar-refractivity contribution in [2.45, 2.75) is 37.8 Å².